The van der Waals surface area contributed by atoms with E-state index < -0.39 is 0 Å². The van der Waals surface area contributed by atoms with Crippen LogP contribution in [0, 0.1) is 6.92 Å². The normalized spacial score (nSPS) is 15.1. The van der Waals surface area contributed by atoms with E-state index in [2.05, 4.69) is 42.2 Å². The standard InChI is InChI=1S/C19H19N3O/c1-14-7-8-16-17(13-14)20-19(22-9-11-23-12-10-22)21-18(16)15-5-3-2-4-6-15/h2-8,13H,9-12H2,1H3. The Morgan fingerprint density at radius 3 is 2.52 bits per heavy atom. The second-order valence-electron chi connectivity index (χ2n) is 5.86. The highest BCUT2D eigenvalue weighted by molar-refractivity contribution is 5.93. The van der Waals surface area contributed by atoms with Gasteiger partial charge in [-0.05, 0) is 18.6 Å². The molecule has 1 saturated heterocycles. The van der Waals surface area contributed by atoms with Gasteiger partial charge in [0.1, 0.15) is 0 Å². The van der Waals surface area contributed by atoms with E-state index in [9.17, 15) is 0 Å². The lowest BCUT2D eigenvalue weighted by molar-refractivity contribution is 0.122. The topological polar surface area (TPSA) is 38.2 Å². The third-order valence-corrected chi connectivity index (χ3v) is 4.18. The molecule has 0 radical (unpaired) electrons. The molecule has 2 heterocycles. The number of benzene rings is 2. The number of hydrogen-bond donors (Lipinski definition) is 0. The van der Waals surface area contributed by atoms with Crippen LogP contribution >= 0.6 is 0 Å². The summed E-state index contributed by atoms with van der Waals surface area (Å²) in [5.41, 5.74) is 4.33. The van der Waals surface area contributed by atoms with Crippen molar-refractivity contribution in [3.05, 3.63) is 54.1 Å². The van der Waals surface area contributed by atoms with Gasteiger partial charge in [0, 0.05) is 24.0 Å². The van der Waals surface area contributed by atoms with Gasteiger partial charge in [-0.3, -0.25) is 0 Å². The van der Waals surface area contributed by atoms with Crippen LogP contribution in [0.2, 0.25) is 0 Å². The van der Waals surface area contributed by atoms with Gasteiger partial charge in [-0.15, -0.1) is 0 Å². The first kappa shape index (κ1) is 14.2. The Hall–Kier alpha value is -2.46. The van der Waals surface area contributed by atoms with Gasteiger partial charge in [0.15, 0.2) is 0 Å². The Labute approximate surface area is 135 Å². The molecule has 1 aliphatic heterocycles. The number of fused-ring (bicyclic) bond motifs is 1. The van der Waals surface area contributed by atoms with E-state index in [-0.39, 0.29) is 0 Å². The monoisotopic (exact) mass is 305 g/mol. The van der Waals surface area contributed by atoms with Crippen LogP contribution in [0.25, 0.3) is 22.2 Å². The first-order valence-electron chi connectivity index (χ1n) is 7.98. The molecule has 0 atom stereocenters. The van der Waals surface area contributed by atoms with E-state index in [4.69, 9.17) is 14.7 Å². The van der Waals surface area contributed by atoms with Crippen molar-refractivity contribution in [3.8, 4) is 11.3 Å². The third kappa shape index (κ3) is 2.78. The molecule has 3 aromatic rings. The number of aryl methyl sites for hydroxylation is 1. The highest BCUT2D eigenvalue weighted by Gasteiger charge is 2.17. The molecule has 23 heavy (non-hydrogen) atoms. The molecule has 4 rings (SSSR count). The number of morpholine rings is 1. The van der Waals surface area contributed by atoms with Crippen LogP contribution in [0.5, 0.6) is 0 Å². The SMILES string of the molecule is Cc1ccc2c(-c3ccccc3)nc(N3CCOCC3)nc2c1. The molecular weight excluding hydrogens is 286 g/mol. The Balaban J connectivity index is 1.91. The Morgan fingerprint density at radius 2 is 1.74 bits per heavy atom. The van der Waals surface area contributed by atoms with Crippen molar-refractivity contribution in [3.63, 3.8) is 0 Å². The minimum atomic E-state index is 0.732. The summed E-state index contributed by atoms with van der Waals surface area (Å²) in [5, 5.41) is 1.10. The van der Waals surface area contributed by atoms with Gasteiger partial charge in [0.2, 0.25) is 5.95 Å². The molecule has 4 nitrogen and oxygen atoms in total. The van der Waals surface area contributed by atoms with Gasteiger partial charge in [-0.25, -0.2) is 9.97 Å². The first-order chi connectivity index (χ1) is 11.3. The summed E-state index contributed by atoms with van der Waals surface area (Å²) in [6.45, 7) is 5.24. The fourth-order valence-electron chi connectivity index (χ4n) is 2.95. The zero-order valence-corrected chi connectivity index (χ0v) is 13.2. The van der Waals surface area contributed by atoms with E-state index in [0.717, 1.165) is 54.4 Å². The highest BCUT2D eigenvalue weighted by Crippen LogP contribution is 2.29. The summed E-state index contributed by atoms with van der Waals surface area (Å²) in [6, 6.07) is 16.7. The fourth-order valence-corrected chi connectivity index (χ4v) is 2.95. The molecule has 1 aliphatic rings. The average Bonchev–Trinajstić information content (AvgIpc) is 2.62. The number of hydrogen-bond acceptors (Lipinski definition) is 4. The molecule has 0 N–H and O–H groups in total. The largest absolute Gasteiger partial charge is 0.378 e. The fraction of sp³-hybridized carbons (Fsp3) is 0.263. The molecule has 0 saturated carbocycles. The van der Waals surface area contributed by atoms with Crippen molar-refractivity contribution in [2.75, 3.05) is 31.2 Å². The summed E-state index contributed by atoms with van der Waals surface area (Å²) in [6.07, 6.45) is 0. The Morgan fingerprint density at radius 1 is 0.957 bits per heavy atom. The number of anilines is 1. The minimum Gasteiger partial charge on any atom is -0.378 e. The number of ether oxygens (including phenoxy) is 1. The molecule has 1 fully saturated rings. The zero-order chi connectivity index (χ0) is 15.6. The summed E-state index contributed by atoms with van der Waals surface area (Å²) >= 11 is 0. The van der Waals surface area contributed by atoms with E-state index in [1.807, 2.05) is 18.2 Å². The molecule has 0 amide bonds. The lowest BCUT2D eigenvalue weighted by Gasteiger charge is -2.27. The summed E-state index contributed by atoms with van der Waals surface area (Å²) in [7, 11) is 0. The maximum atomic E-state index is 5.45. The summed E-state index contributed by atoms with van der Waals surface area (Å²) < 4.78 is 5.45. The van der Waals surface area contributed by atoms with Crippen molar-refractivity contribution >= 4 is 16.9 Å². The maximum Gasteiger partial charge on any atom is 0.226 e. The molecule has 116 valence electrons. The predicted molar refractivity (Wildman–Crippen MR) is 92.7 cm³/mol. The second-order valence-corrected chi connectivity index (χ2v) is 5.86. The predicted octanol–water partition coefficient (Wildman–Crippen LogP) is 3.44. The van der Waals surface area contributed by atoms with E-state index in [1.165, 1.54) is 5.56 Å². The molecule has 0 spiro atoms. The van der Waals surface area contributed by atoms with Gasteiger partial charge < -0.3 is 9.64 Å². The lowest BCUT2D eigenvalue weighted by atomic mass is 10.1. The van der Waals surface area contributed by atoms with E-state index >= 15 is 0 Å². The first-order valence-corrected chi connectivity index (χ1v) is 7.98. The van der Waals surface area contributed by atoms with Crippen LogP contribution < -0.4 is 4.90 Å². The molecular formula is C19H19N3O. The second kappa shape index (κ2) is 5.97. The number of aromatic nitrogens is 2. The molecule has 0 unspecified atom stereocenters. The van der Waals surface area contributed by atoms with Crippen molar-refractivity contribution < 1.29 is 4.74 Å². The summed E-state index contributed by atoms with van der Waals surface area (Å²) in [4.78, 5) is 11.9. The minimum absolute atomic E-state index is 0.732. The molecule has 0 aliphatic carbocycles. The van der Waals surface area contributed by atoms with Crippen molar-refractivity contribution in [1.29, 1.82) is 0 Å². The third-order valence-electron chi connectivity index (χ3n) is 4.18. The van der Waals surface area contributed by atoms with Crippen molar-refractivity contribution in [2.45, 2.75) is 6.92 Å². The van der Waals surface area contributed by atoms with Crippen molar-refractivity contribution in [2.24, 2.45) is 0 Å². The van der Waals surface area contributed by atoms with E-state index in [1.54, 1.807) is 0 Å². The highest BCUT2D eigenvalue weighted by atomic mass is 16.5. The number of rotatable bonds is 2. The van der Waals surface area contributed by atoms with Gasteiger partial charge in [-0.2, -0.15) is 0 Å². The molecule has 0 bridgehead atoms. The summed E-state index contributed by atoms with van der Waals surface area (Å²) in [5.74, 6) is 0.797. The van der Waals surface area contributed by atoms with Crippen LogP contribution in [0.3, 0.4) is 0 Å². The van der Waals surface area contributed by atoms with Crippen LogP contribution in [0.15, 0.2) is 48.5 Å². The van der Waals surface area contributed by atoms with Gasteiger partial charge in [0.25, 0.3) is 0 Å². The maximum absolute atomic E-state index is 5.45. The zero-order valence-electron chi connectivity index (χ0n) is 13.2. The quantitative estimate of drug-likeness (QED) is 0.727. The molecule has 1 aromatic heterocycles. The lowest BCUT2D eigenvalue weighted by Crippen LogP contribution is -2.37. The average molecular weight is 305 g/mol. The van der Waals surface area contributed by atoms with E-state index in [0.29, 0.717) is 0 Å². The number of nitrogens with zero attached hydrogens (tertiary/aromatic N) is 3. The van der Waals surface area contributed by atoms with Gasteiger partial charge in [-0.1, -0.05) is 42.5 Å². The Bertz CT molecular complexity index is 827. The van der Waals surface area contributed by atoms with Gasteiger partial charge in [0.05, 0.1) is 24.4 Å². The smallest absolute Gasteiger partial charge is 0.226 e. The van der Waals surface area contributed by atoms with Crippen LogP contribution in [-0.4, -0.2) is 36.3 Å². The van der Waals surface area contributed by atoms with Gasteiger partial charge >= 0.3 is 0 Å². The Kier molecular flexibility index (Phi) is 3.67. The van der Waals surface area contributed by atoms with Crippen LogP contribution in [0.1, 0.15) is 5.56 Å². The van der Waals surface area contributed by atoms with Crippen molar-refractivity contribution in [1.82, 2.24) is 9.97 Å². The van der Waals surface area contributed by atoms with Crippen LogP contribution in [-0.2, 0) is 4.74 Å². The molecule has 4 heteroatoms. The molecule has 2 aromatic carbocycles. The van der Waals surface area contributed by atoms with Crippen LogP contribution in [0.4, 0.5) is 5.95 Å².